The normalized spacial score (nSPS) is 8.50. The van der Waals surface area contributed by atoms with Gasteiger partial charge in [0.1, 0.15) is 6.29 Å². The highest BCUT2D eigenvalue weighted by atomic mass is 16.1. The SMILES string of the molecule is [NH]C(=O)CCCC=O. The summed E-state index contributed by atoms with van der Waals surface area (Å²) in [7, 11) is 0. The molecule has 0 aromatic rings. The van der Waals surface area contributed by atoms with Crippen molar-refractivity contribution in [1.82, 2.24) is 5.73 Å². The minimum Gasteiger partial charge on any atom is -0.303 e. The lowest BCUT2D eigenvalue weighted by molar-refractivity contribution is -0.118. The van der Waals surface area contributed by atoms with E-state index in [1.54, 1.807) is 0 Å². The van der Waals surface area contributed by atoms with Gasteiger partial charge in [0.15, 0.2) is 0 Å². The molecule has 0 fully saturated rings. The molecule has 0 spiro atoms. The number of carbonyl (C=O) groups excluding carboxylic acids is 2. The fourth-order valence-corrected chi connectivity index (χ4v) is 0.346. The Kier molecular flexibility index (Phi) is 3.84. The first kappa shape index (κ1) is 7.14. The summed E-state index contributed by atoms with van der Waals surface area (Å²) in [5.41, 5.74) is 6.40. The Morgan fingerprint density at radius 2 is 2.25 bits per heavy atom. The third kappa shape index (κ3) is 5.14. The van der Waals surface area contributed by atoms with Crippen molar-refractivity contribution >= 4 is 12.2 Å². The number of carbonyl (C=O) groups is 2. The number of hydrogen-bond donors (Lipinski definition) is 0. The van der Waals surface area contributed by atoms with Gasteiger partial charge in [-0.2, -0.15) is 0 Å². The first-order valence-electron chi connectivity index (χ1n) is 2.45. The van der Waals surface area contributed by atoms with Gasteiger partial charge in [0.25, 0.3) is 0 Å². The van der Waals surface area contributed by atoms with Crippen LogP contribution in [0.4, 0.5) is 0 Å². The molecule has 3 heteroatoms. The van der Waals surface area contributed by atoms with Gasteiger partial charge in [-0.25, -0.2) is 0 Å². The lowest BCUT2D eigenvalue weighted by Crippen LogP contribution is -1.96. The second-order valence-electron chi connectivity index (χ2n) is 1.48. The highest BCUT2D eigenvalue weighted by Gasteiger charge is 1.91. The summed E-state index contributed by atoms with van der Waals surface area (Å²) in [5.74, 6) is -0.591. The van der Waals surface area contributed by atoms with Gasteiger partial charge in [-0.1, -0.05) is 0 Å². The van der Waals surface area contributed by atoms with E-state index in [-0.39, 0.29) is 6.42 Å². The third-order valence-electron chi connectivity index (χ3n) is 0.726. The van der Waals surface area contributed by atoms with Crippen LogP contribution in [0, 0.1) is 0 Å². The summed E-state index contributed by atoms with van der Waals surface area (Å²) in [6.07, 6.45) is 1.87. The van der Waals surface area contributed by atoms with Crippen molar-refractivity contribution in [3.63, 3.8) is 0 Å². The van der Waals surface area contributed by atoms with Gasteiger partial charge in [0.05, 0.1) is 0 Å². The predicted octanol–water partition coefficient (Wildman–Crippen LogP) is 0.165. The molecule has 0 aromatic carbocycles. The Morgan fingerprint density at radius 3 is 2.62 bits per heavy atom. The zero-order chi connectivity index (χ0) is 6.41. The van der Waals surface area contributed by atoms with E-state index in [2.05, 4.69) is 0 Å². The van der Waals surface area contributed by atoms with Crippen LogP contribution in [0.2, 0.25) is 0 Å². The zero-order valence-electron chi connectivity index (χ0n) is 4.52. The van der Waals surface area contributed by atoms with Crippen LogP contribution in [0.15, 0.2) is 0 Å². The lowest BCUT2D eigenvalue weighted by atomic mass is 10.2. The molecule has 0 unspecified atom stereocenters. The number of amides is 1. The maximum Gasteiger partial charge on any atom is 0.238 e. The average molecular weight is 114 g/mol. The Balaban J connectivity index is 2.93. The summed E-state index contributed by atoms with van der Waals surface area (Å²) >= 11 is 0. The third-order valence-corrected chi connectivity index (χ3v) is 0.726. The van der Waals surface area contributed by atoms with Crippen molar-refractivity contribution in [2.45, 2.75) is 19.3 Å². The summed E-state index contributed by atoms with van der Waals surface area (Å²) in [6, 6.07) is 0. The largest absolute Gasteiger partial charge is 0.303 e. The van der Waals surface area contributed by atoms with E-state index in [0.29, 0.717) is 12.8 Å². The predicted molar refractivity (Wildman–Crippen MR) is 28.0 cm³/mol. The van der Waals surface area contributed by atoms with Gasteiger partial charge in [-0.15, -0.1) is 0 Å². The van der Waals surface area contributed by atoms with E-state index < -0.39 is 5.91 Å². The van der Waals surface area contributed by atoms with Crippen molar-refractivity contribution < 1.29 is 9.59 Å². The van der Waals surface area contributed by atoms with Gasteiger partial charge < -0.3 is 4.79 Å². The monoisotopic (exact) mass is 114 g/mol. The second kappa shape index (κ2) is 4.30. The molecule has 0 saturated carbocycles. The van der Waals surface area contributed by atoms with Crippen LogP contribution < -0.4 is 5.73 Å². The number of unbranched alkanes of at least 4 members (excludes halogenated alkanes) is 1. The molecule has 0 saturated heterocycles. The molecule has 0 aliphatic rings. The average Bonchev–Trinajstić information content (AvgIpc) is 1.66. The van der Waals surface area contributed by atoms with E-state index in [1.165, 1.54) is 0 Å². The molecule has 1 radical (unpaired) electrons. The molecule has 3 nitrogen and oxygen atoms in total. The molecule has 0 aliphatic carbocycles. The highest BCUT2D eigenvalue weighted by molar-refractivity contribution is 5.73. The van der Waals surface area contributed by atoms with Crippen LogP contribution in [0.25, 0.3) is 0 Å². The van der Waals surface area contributed by atoms with Crippen LogP contribution in [0.5, 0.6) is 0 Å². The fraction of sp³-hybridized carbons (Fsp3) is 0.600. The molecule has 0 aliphatic heterocycles. The number of nitrogens with one attached hydrogen (secondary N) is 1. The lowest BCUT2D eigenvalue weighted by Gasteiger charge is -1.85. The molecule has 8 heavy (non-hydrogen) atoms. The van der Waals surface area contributed by atoms with E-state index in [0.717, 1.165) is 6.29 Å². The van der Waals surface area contributed by atoms with Crippen LogP contribution in [0.3, 0.4) is 0 Å². The highest BCUT2D eigenvalue weighted by Crippen LogP contribution is 1.89. The minimum absolute atomic E-state index is 0.207. The van der Waals surface area contributed by atoms with Crippen molar-refractivity contribution in [3.8, 4) is 0 Å². The van der Waals surface area contributed by atoms with Crippen molar-refractivity contribution in [2.75, 3.05) is 0 Å². The Labute approximate surface area is 47.9 Å². The second-order valence-corrected chi connectivity index (χ2v) is 1.48. The van der Waals surface area contributed by atoms with Crippen LogP contribution in [0.1, 0.15) is 19.3 Å². The number of rotatable bonds is 4. The standard InChI is InChI=1S/C5H8NO2/c6-5(8)3-1-2-4-7/h4,6H,1-3H2. The van der Waals surface area contributed by atoms with Gasteiger partial charge >= 0.3 is 0 Å². The van der Waals surface area contributed by atoms with Crippen LogP contribution in [-0.2, 0) is 9.59 Å². The first-order valence-corrected chi connectivity index (χ1v) is 2.45. The number of aldehydes is 1. The topological polar surface area (TPSA) is 57.9 Å². The Hall–Kier alpha value is -0.860. The number of hydrogen-bond acceptors (Lipinski definition) is 2. The summed E-state index contributed by atoms with van der Waals surface area (Å²) < 4.78 is 0. The smallest absolute Gasteiger partial charge is 0.238 e. The summed E-state index contributed by atoms with van der Waals surface area (Å²) in [4.78, 5) is 19.5. The molecular formula is C5H8NO2. The van der Waals surface area contributed by atoms with Crippen molar-refractivity contribution in [1.29, 1.82) is 0 Å². The van der Waals surface area contributed by atoms with Gasteiger partial charge in [-0.05, 0) is 6.42 Å². The minimum atomic E-state index is -0.591. The van der Waals surface area contributed by atoms with E-state index in [9.17, 15) is 9.59 Å². The van der Waals surface area contributed by atoms with Gasteiger partial charge in [-0.3, -0.25) is 10.5 Å². The maximum atomic E-state index is 9.87. The van der Waals surface area contributed by atoms with Crippen LogP contribution >= 0.6 is 0 Å². The Bertz CT molecular complexity index is 90.4. The summed E-state index contributed by atoms with van der Waals surface area (Å²) in [5, 5.41) is 0. The Morgan fingerprint density at radius 1 is 1.62 bits per heavy atom. The van der Waals surface area contributed by atoms with Gasteiger partial charge in [0.2, 0.25) is 5.91 Å². The van der Waals surface area contributed by atoms with Crippen molar-refractivity contribution in [3.05, 3.63) is 0 Å². The molecule has 0 bridgehead atoms. The maximum absolute atomic E-state index is 9.87. The molecule has 0 atom stereocenters. The molecule has 0 aromatic heterocycles. The molecule has 45 valence electrons. The molecular weight excluding hydrogens is 106 g/mol. The van der Waals surface area contributed by atoms with E-state index in [1.807, 2.05) is 0 Å². The molecule has 1 N–H and O–H groups in total. The summed E-state index contributed by atoms with van der Waals surface area (Å²) in [6.45, 7) is 0. The molecule has 0 rings (SSSR count). The quantitative estimate of drug-likeness (QED) is 0.386. The van der Waals surface area contributed by atoms with E-state index >= 15 is 0 Å². The molecule has 0 heterocycles. The van der Waals surface area contributed by atoms with E-state index in [4.69, 9.17) is 5.73 Å². The zero-order valence-corrected chi connectivity index (χ0v) is 4.52. The van der Waals surface area contributed by atoms with Crippen molar-refractivity contribution in [2.24, 2.45) is 0 Å². The molecule has 1 amide bonds. The van der Waals surface area contributed by atoms with Crippen LogP contribution in [-0.4, -0.2) is 12.2 Å². The first-order chi connectivity index (χ1) is 3.77. The van der Waals surface area contributed by atoms with Gasteiger partial charge in [0, 0.05) is 12.8 Å². The fourth-order valence-electron chi connectivity index (χ4n) is 0.346.